The number of pyridine rings is 1. The van der Waals surface area contributed by atoms with Gasteiger partial charge in [-0.3, -0.25) is 10.2 Å². The van der Waals surface area contributed by atoms with Crippen LogP contribution in [0, 0.1) is 5.41 Å². The van der Waals surface area contributed by atoms with Crippen molar-refractivity contribution >= 4 is 31.9 Å². The molecule has 0 radical (unpaired) electrons. The van der Waals surface area contributed by atoms with Gasteiger partial charge < -0.3 is 4.74 Å². The lowest BCUT2D eigenvalue weighted by Crippen LogP contribution is -2.46. The Morgan fingerprint density at radius 1 is 1.40 bits per heavy atom. The van der Waals surface area contributed by atoms with Gasteiger partial charge in [-0.15, -0.1) is 4.83 Å². The van der Waals surface area contributed by atoms with Gasteiger partial charge in [-0.05, 0) is 22.0 Å². The Morgan fingerprint density at radius 2 is 2.00 bits per heavy atom. The first-order valence-electron chi connectivity index (χ1n) is 5.59. The number of carbonyl (C=O) groups excluding carboxylic acids is 1. The number of rotatable bonds is 4. The van der Waals surface area contributed by atoms with Crippen LogP contribution in [0.5, 0.6) is 5.88 Å². The quantitative estimate of drug-likeness (QED) is 0.781. The standard InChI is InChI=1S/C11H16BrN3O4S/c1-11(2,3)10(16)14-15-20(17,18)8-5-7(12)6-13-9(8)19-4/h5-6,15H,1-4H3,(H,14,16). The molecule has 0 bridgehead atoms. The molecule has 0 saturated heterocycles. The predicted molar refractivity (Wildman–Crippen MR) is 76.4 cm³/mol. The normalized spacial score (nSPS) is 12.1. The summed E-state index contributed by atoms with van der Waals surface area (Å²) in [7, 11) is -2.67. The van der Waals surface area contributed by atoms with Gasteiger partial charge in [0.1, 0.15) is 4.90 Å². The zero-order chi connectivity index (χ0) is 15.6. The van der Waals surface area contributed by atoms with E-state index in [0.29, 0.717) is 4.47 Å². The SMILES string of the molecule is COc1ncc(Br)cc1S(=O)(=O)NNC(=O)C(C)(C)C. The number of carbonyl (C=O) groups is 1. The smallest absolute Gasteiger partial charge is 0.262 e. The van der Waals surface area contributed by atoms with E-state index in [2.05, 4.69) is 26.3 Å². The van der Waals surface area contributed by atoms with Crippen LogP contribution in [0.15, 0.2) is 21.6 Å². The number of aromatic nitrogens is 1. The highest BCUT2D eigenvalue weighted by Gasteiger charge is 2.25. The number of ether oxygens (including phenoxy) is 1. The average molecular weight is 366 g/mol. The highest BCUT2D eigenvalue weighted by Crippen LogP contribution is 2.24. The number of nitrogens with zero attached hydrogens (tertiary/aromatic N) is 1. The molecule has 112 valence electrons. The minimum Gasteiger partial charge on any atom is -0.480 e. The molecule has 7 nitrogen and oxygen atoms in total. The monoisotopic (exact) mass is 365 g/mol. The molecule has 2 N–H and O–H groups in total. The van der Waals surface area contributed by atoms with E-state index >= 15 is 0 Å². The fourth-order valence-electron chi connectivity index (χ4n) is 1.11. The molecular weight excluding hydrogens is 350 g/mol. The highest BCUT2D eigenvalue weighted by atomic mass is 79.9. The number of amides is 1. The number of methoxy groups -OCH3 is 1. The number of halogens is 1. The average Bonchev–Trinajstić information content (AvgIpc) is 2.34. The third kappa shape index (κ3) is 4.15. The van der Waals surface area contributed by atoms with Crippen LogP contribution in [0.3, 0.4) is 0 Å². The van der Waals surface area contributed by atoms with E-state index < -0.39 is 21.3 Å². The van der Waals surface area contributed by atoms with Gasteiger partial charge in [0, 0.05) is 16.1 Å². The first kappa shape index (κ1) is 16.9. The molecule has 0 spiro atoms. The molecule has 0 aliphatic carbocycles. The fourth-order valence-corrected chi connectivity index (χ4v) is 2.58. The van der Waals surface area contributed by atoms with Crippen LogP contribution in [-0.4, -0.2) is 26.4 Å². The van der Waals surface area contributed by atoms with E-state index in [9.17, 15) is 13.2 Å². The Labute approximate surface area is 126 Å². The summed E-state index contributed by atoms with van der Waals surface area (Å²) in [6, 6.07) is 1.33. The highest BCUT2D eigenvalue weighted by molar-refractivity contribution is 9.10. The zero-order valence-corrected chi connectivity index (χ0v) is 13.9. The van der Waals surface area contributed by atoms with Crippen LogP contribution < -0.4 is 15.0 Å². The van der Waals surface area contributed by atoms with Crippen LogP contribution in [0.2, 0.25) is 0 Å². The van der Waals surface area contributed by atoms with Crippen molar-refractivity contribution in [2.45, 2.75) is 25.7 Å². The van der Waals surface area contributed by atoms with Crippen molar-refractivity contribution in [1.82, 2.24) is 15.2 Å². The van der Waals surface area contributed by atoms with Crippen LogP contribution in [0.1, 0.15) is 20.8 Å². The number of sulfonamides is 1. The fraction of sp³-hybridized carbons (Fsp3) is 0.455. The van der Waals surface area contributed by atoms with Gasteiger partial charge in [-0.1, -0.05) is 20.8 Å². The van der Waals surface area contributed by atoms with Gasteiger partial charge >= 0.3 is 0 Å². The van der Waals surface area contributed by atoms with E-state index in [4.69, 9.17) is 4.74 Å². The molecule has 1 aromatic heterocycles. The van der Waals surface area contributed by atoms with E-state index in [1.54, 1.807) is 20.8 Å². The molecule has 1 heterocycles. The second kappa shape index (κ2) is 6.06. The molecule has 0 aliphatic heterocycles. The Bertz CT molecular complexity index is 611. The van der Waals surface area contributed by atoms with Gasteiger partial charge in [-0.2, -0.15) is 0 Å². The van der Waals surface area contributed by atoms with Crippen LogP contribution in [0.4, 0.5) is 0 Å². The molecule has 9 heteroatoms. The summed E-state index contributed by atoms with van der Waals surface area (Å²) >= 11 is 3.13. The Balaban J connectivity index is 3.01. The van der Waals surface area contributed by atoms with Crippen molar-refractivity contribution in [3.63, 3.8) is 0 Å². The first-order chi connectivity index (χ1) is 9.08. The summed E-state index contributed by atoms with van der Waals surface area (Å²) < 4.78 is 29.6. The molecule has 1 aromatic rings. The lowest BCUT2D eigenvalue weighted by Gasteiger charge is -2.18. The van der Waals surface area contributed by atoms with Gasteiger partial charge in [-0.25, -0.2) is 13.4 Å². The second-order valence-electron chi connectivity index (χ2n) is 4.97. The minimum atomic E-state index is -3.98. The van der Waals surface area contributed by atoms with Crippen molar-refractivity contribution in [1.29, 1.82) is 0 Å². The van der Waals surface area contributed by atoms with Crippen molar-refractivity contribution < 1.29 is 17.9 Å². The molecule has 0 aromatic carbocycles. The van der Waals surface area contributed by atoms with E-state index in [-0.39, 0.29) is 10.8 Å². The maximum atomic E-state index is 12.1. The largest absolute Gasteiger partial charge is 0.480 e. The number of hydrogen-bond acceptors (Lipinski definition) is 5. The summed E-state index contributed by atoms with van der Waals surface area (Å²) in [4.78, 5) is 17.3. The number of hydrazine groups is 1. The van der Waals surface area contributed by atoms with Crippen molar-refractivity contribution in [2.75, 3.05) is 7.11 Å². The molecule has 0 fully saturated rings. The summed E-state index contributed by atoms with van der Waals surface area (Å²) in [5.41, 5.74) is 1.44. The predicted octanol–water partition coefficient (Wildman–Crippen LogP) is 1.21. The summed E-state index contributed by atoms with van der Waals surface area (Å²) in [5, 5.41) is 0. The minimum absolute atomic E-state index is 0.0642. The summed E-state index contributed by atoms with van der Waals surface area (Å²) in [6.07, 6.45) is 1.41. The second-order valence-corrected chi connectivity index (χ2v) is 7.54. The van der Waals surface area contributed by atoms with E-state index in [0.717, 1.165) is 0 Å². The third-order valence-corrected chi connectivity index (χ3v) is 3.92. The summed E-state index contributed by atoms with van der Waals surface area (Å²) in [5.74, 6) is -0.520. The lowest BCUT2D eigenvalue weighted by molar-refractivity contribution is -0.129. The molecule has 0 atom stereocenters. The number of nitrogens with one attached hydrogen (secondary N) is 2. The van der Waals surface area contributed by atoms with Crippen molar-refractivity contribution in [3.05, 3.63) is 16.7 Å². The molecular formula is C11H16BrN3O4S. The van der Waals surface area contributed by atoms with Crippen molar-refractivity contribution in [3.8, 4) is 5.88 Å². The maximum Gasteiger partial charge on any atom is 0.262 e. The first-order valence-corrected chi connectivity index (χ1v) is 7.87. The maximum absolute atomic E-state index is 12.1. The molecule has 0 saturated carbocycles. The molecule has 0 unspecified atom stereocenters. The Kier molecular flexibility index (Phi) is 5.11. The van der Waals surface area contributed by atoms with Gasteiger partial charge in [0.2, 0.25) is 11.8 Å². The molecule has 1 amide bonds. The van der Waals surface area contributed by atoms with Crippen LogP contribution in [-0.2, 0) is 14.8 Å². The molecule has 0 aliphatic rings. The molecule has 20 heavy (non-hydrogen) atoms. The summed E-state index contributed by atoms with van der Waals surface area (Å²) in [6.45, 7) is 4.99. The third-order valence-electron chi connectivity index (χ3n) is 2.25. The van der Waals surface area contributed by atoms with Crippen molar-refractivity contribution in [2.24, 2.45) is 5.41 Å². The molecule has 1 rings (SSSR count). The Morgan fingerprint density at radius 3 is 2.50 bits per heavy atom. The van der Waals surface area contributed by atoms with Crippen LogP contribution >= 0.6 is 15.9 Å². The van der Waals surface area contributed by atoms with Gasteiger partial charge in [0.25, 0.3) is 10.0 Å². The van der Waals surface area contributed by atoms with E-state index in [1.165, 1.54) is 19.4 Å². The Hall–Kier alpha value is -1.19. The number of hydrogen-bond donors (Lipinski definition) is 2. The zero-order valence-electron chi connectivity index (χ0n) is 11.5. The lowest BCUT2D eigenvalue weighted by atomic mass is 9.96. The van der Waals surface area contributed by atoms with E-state index in [1.807, 2.05) is 4.83 Å². The topological polar surface area (TPSA) is 97.4 Å². The van der Waals surface area contributed by atoms with Gasteiger partial charge in [0.05, 0.1) is 7.11 Å². The van der Waals surface area contributed by atoms with Gasteiger partial charge in [0.15, 0.2) is 0 Å². The van der Waals surface area contributed by atoms with Crippen LogP contribution in [0.25, 0.3) is 0 Å².